The van der Waals surface area contributed by atoms with Gasteiger partial charge in [0.15, 0.2) is 22.9 Å². The van der Waals surface area contributed by atoms with Crippen LogP contribution in [-0.2, 0) is 4.79 Å². The van der Waals surface area contributed by atoms with Gasteiger partial charge in [0, 0.05) is 11.4 Å². The van der Waals surface area contributed by atoms with Crippen LogP contribution in [0.3, 0.4) is 0 Å². The Hall–Kier alpha value is -3.74. The number of benzene rings is 2. The first-order chi connectivity index (χ1) is 16.9. The molecule has 3 aromatic rings. The summed E-state index contributed by atoms with van der Waals surface area (Å²) in [5, 5.41) is 11.7. The zero-order chi connectivity index (χ0) is 24.7. The number of carbonyl (C=O) groups is 2. The Labute approximate surface area is 203 Å². The van der Waals surface area contributed by atoms with Gasteiger partial charge in [-0.05, 0) is 56.5 Å². The number of amides is 1. The number of ether oxygens (including phenoxy) is 2. The molecule has 2 aliphatic rings. The highest BCUT2D eigenvalue weighted by Crippen LogP contribution is 2.44. The highest BCUT2D eigenvalue weighted by atomic mass is 16.5. The maximum absolute atomic E-state index is 13.8. The number of para-hydroxylation sites is 1. The van der Waals surface area contributed by atoms with E-state index < -0.39 is 23.5 Å². The summed E-state index contributed by atoms with van der Waals surface area (Å²) in [5.74, 6) is -0.363. The van der Waals surface area contributed by atoms with Crippen LogP contribution in [0.1, 0.15) is 61.7 Å². The molecule has 0 spiro atoms. The minimum absolute atomic E-state index is 0.0293. The number of fused-ring (bicyclic) bond motifs is 1. The van der Waals surface area contributed by atoms with Gasteiger partial charge in [0.25, 0.3) is 5.91 Å². The van der Waals surface area contributed by atoms with Crippen LogP contribution < -0.4 is 9.47 Å². The van der Waals surface area contributed by atoms with E-state index in [2.05, 4.69) is 0 Å². The topological polar surface area (TPSA) is 89.2 Å². The minimum atomic E-state index is -0.732. The van der Waals surface area contributed by atoms with Gasteiger partial charge >= 0.3 is 0 Å². The zero-order valence-electron chi connectivity index (χ0n) is 20.1. The second-order valence-corrected chi connectivity index (χ2v) is 9.37. The van der Waals surface area contributed by atoms with Crippen molar-refractivity contribution in [1.29, 1.82) is 0 Å². The number of rotatable bonds is 7. The number of Topliss-reactive ketones (excluding diaryl/α,β-unsaturated/α-hetero) is 1. The summed E-state index contributed by atoms with van der Waals surface area (Å²) in [6, 6.07) is 13.6. The Kier molecular flexibility index (Phi) is 6.01. The van der Waals surface area contributed by atoms with Crippen LogP contribution in [0.5, 0.6) is 11.5 Å². The van der Waals surface area contributed by atoms with Gasteiger partial charge in [-0.25, -0.2) is 0 Å². The summed E-state index contributed by atoms with van der Waals surface area (Å²) >= 11 is 0. The van der Waals surface area contributed by atoms with Crippen LogP contribution in [0, 0.1) is 0 Å². The van der Waals surface area contributed by atoms with E-state index in [1.165, 1.54) is 7.11 Å². The number of ketones is 1. The minimum Gasteiger partial charge on any atom is -0.503 e. The highest BCUT2D eigenvalue weighted by molar-refractivity contribution is 6.16. The molecule has 1 atom stereocenters. The number of carbonyl (C=O) groups excluding carboxylic acids is 2. The van der Waals surface area contributed by atoms with Crippen molar-refractivity contribution >= 4 is 22.7 Å². The molecule has 0 radical (unpaired) electrons. The molecule has 0 saturated heterocycles. The summed E-state index contributed by atoms with van der Waals surface area (Å²) in [4.78, 5) is 28.8. The Bertz CT molecular complexity index is 1310. The summed E-state index contributed by atoms with van der Waals surface area (Å²) in [6.45, 7) is 3.88. The quantitative estimate of drug-likeness (QED) is 0.438. The number of nitrogens with zero attached hydrogens (tertiary/aromatic N) is 1. The molecule has 1 fully saturated rings. The normalized spacial score (nSPS) is 18.8. The van der Waals surface area contributed by atoms with E-state index in [4.69, 9.17) is 13.9 Å². The van der Waals surface area contributed by atoms with Crippen LogP contribution in [-0.4, -0.2) is 41.0 Å². The fourth-order valence-corrected chi connectivity index (χ4v) is 5.21. The largest absolute Gasteiger partial charge is 0.503 e. The predicted octanol–water partition coefficient (Wildman–Crippen LogP) is 5.75. The van der Waals surface area contributed by atoms with Crippen LogP contribution in [0.2, 0.25) is 0 Å². The maximum Gasteiger partial charge on any atom is 0.290 e. The first-order valence-corrected chi connectivity index (χ1v) is 12.0. The molecule has 1 unspecified atom stereocenters. The lowest BCUT2D eigenvalue weighted by Crippen LogP contribution is -2.38. The number of hydrogen-bond acceptors (Lipinski definition) is 6. The molecule has 7 nitrogen and oxygen atoms in total. The molecule has 1 amide bonds. The highest BCUT2D eigenvalue weighted by Gasteiger charge is 2.47. The molecule has 1 aliphatic carbocycles. The van der Waals surface area contributed by atoms with Gasteiger partial charge in [0.1, 0.15) is 5.75 Å². The fourth-order valence-electron chi connectivity index (χ4n) is 5.21. The number of aliphatic hydroxyl groups excluding tert-OH is 1. The van der Waals surface area contributed by atoms with Crippen molar-refractivity contribution in [2.45, 2.75) is 57.7 Å². The molecule has 7 heteroatoms. The van der Waals surface area contributed by atoms with Gasteiger partial charge in [0.2, 0.25) is 5.78 Å². The van der Waals surface area contributed by atoms with Crippen LogP contribution >= 0.6 is 0 Å². The molecule has 1 aromatic heterocycles. The van der Waals surface area contributed by atoms with Crippen molar-refractivity contribution in [3.63, 3.8) is 0 Å². The summed E-state index contributed by atoms with van der Waals surface area (Å²) < 4.78 is 17.1. The lowest BCUT2D eigenvalue weighted by molar-refractivity contribution is -0.131. The third-order valence-corrected chi connectivity index (χ3v) is 6.70. The SMILES string of the molecule is COc1cccc2cc(C(=O)C3=C(O)C(=O)N(C4CCCC4)C3c3cccc(OC(C)C)c3)oc12. The van der Waals surface area contributed by atoms with Crippen molar-refractivity contribution in [2.75, 3.05) is 7.11 Å². The zero-order valence-corrected chi connectivity index (χ0v) is 20.1. The van der Waals surface area contributed by atoms with Gasteiger partial charge in [-0.3, -0.25) is 9.59 Å². The lowest BCUT2D eigenvalue weighted by atomic mass is 9.94. The monoisotopic (exact) mass is 475 g/mol. The van der Waals surface area contributed by atoms with Gasteiger partial charge in [-0.15, -0.1) is 0 Å². The van der Waals surface area contributed by atoms with Gasteiger partial charge in [-0.1, -0.05) is 37.1 Å². The molecule has 182 valence electrons. The van der Waals surface area contributed by atoms with Crippen molar-refractivity contribution in [1.82, 2.24) is 4.90 Å². The maximum atomic E-state index is 13.8. The third kappa shape index (κ3) is 4.05. The van der Waals surface area contributed by atoms with Crippen molar-refractivity contribution in [2.24, 2.45) is 0 Å². The molecular formula is C28H29NO6. The van der Waals surface area contributed by atoms with Crippen LogP contribution in [0.4, 0.5) is 0 Å². The number of aliphatic hydroxyl groups is 1. The van der Waals surface area contributed by atoms with Gasteiger partial charge < -0.3 is 23.9 Å². The Balaban J connectivity index is 1.61. The van der Waals surface area contributed by atoms with E-state index in [-0.39, 0.29) is 23.5 Å². The summed E-state index contributed by atoms with van der Waals surface area (Å²) in [7, 11) is 1.53. The van der Waals surface area contributed by atoms with Gasteiger partial charge in [0.05, 0.1) is 24.8 Å². The molecular weight excluding hydrogens is 446 g/mol. The molecule has 2 heterocycles. The first-order valence-electron chi connectivity index (χ1n) is 12.0. The molecule has 35 heavy (non-hydrogen) atoms. The smallest absolute Gasteiger partial charge is 0.290 e. The fraction of sp³-hybridized carbons (Fsp3) is 0.357. The summed E-state index contributed by atoms with van der Waals surface area (Å²) in [6.07, 6.45) is 3.65. The number of furan rings is 1. The molecule has 1 aliphatic heterocycles. The van der Waals surface area contributed by atoms with Crippen molar-refractivity contribution < 1.29 is 28.6 Å². The average molecular weight is 476 g/mol. The van der Waals surface area contributed by atoms with Gasteiger partial charge in [-0.2, -0.15) is 0 Å². The third-order valence-electron chi connectivity index (χ3n) is 6.70. The first kappa shape index (κ1) is 23.0. The van der Waals surface area contributed by atoms with Crippen LogP contribution in [0.15, 0.2) is 64.3 Å². The standard InChI is InChI=1S/C28H29NO6/c1-16(2)34-20-12-6-8-17(14-20)24-23(26(31)28(32)29(24)19-10-4-5-11-19)25(30)22-15-18-9-7-13-21(33-3)27(18)35-22/h6-9,12-16,19,24,31H,4-5,10-11H2,1-3H3. The second-order valence-electron chi connectivity index (χ2n) is 9.37. The van der Waals surface area contributed by atoms with E-state index in [1.807, 2.05) is 50.2 Å². The summed E-state index contributed by atoms with van der Waals surface area (Å²) in [5.41, 5.74) is 1.19. The number of methoxy groups -OCH3 is 1. The van der Waals surface area contributed by atoms with Crippen molar-refractivity contribution in [3.05, 3.63) is 71.2 Å². The van der Waals surface area contributed by atoms with Crippen molar-refractivity contribution in [3.8, 4) is 11.5 Å². The van der Waals surface area contributed by atoms with E-state index in [1.54, 1.807) is 17.0 Å². The number of hydrogen-bond donors (Lipinski definition) is 1. The predicted molar refractivity (Wildman–Crippen MR) is 131 cm³/mol. The molecule has 5 rings (SSSR count). The Morgan fingerprint density at radius 2 is 1.86 bits per heavy atom. The van der Waals surface area contributed by atoms with E-state index in [9.17, 15) is 14.7 Å². The van der Waals surface area contributed by atoms with E-state index >= 15 is 0 Å². The molecule has 1 N–H and O–H groups in total. The van der Waals surface area contributed by atoms with E-state index in [0.29, 0.717) is 28.0 Å². The van der Waals surface area contributed by atoms with Crippen LogP contribution in [0.25, 0.3) is 11.0 Å². The Morgan fingerprint density at radius 1 is 1.11 bits per heavy atom. The van der Waals surface area contributed by atoms with E-state index in [0.717, 1.165) is 25.7 Å². The molecule has 0 bridgehead atoms. The Morgan fingerprint density at radius 3 is 2.57 bits per heavy atom. The molecule has 2 aromatic carbocycles. The lowest BCUT2D eigenvalue weighted by Gasteiger charge is -2.32. The molecule has 1 saturated carbocycles. The second kappa shape index (κ2) is 9.13. The average Bonchev–Trinajstić information content (AvgIpc) is 3.57.